The van der Waals surface area contributed by atoms with Crippen molar-refractivity contribution in [3.05, 3.63) is 35.5 Å². The number of hydrogen-bond acceptors (Lipinski definition) is 6. The largest absolute Gasteiger partial charge is 0.378 e. The molecule has 2 fully saturated rings. The lowest BCUT2D eigenvalue weighted by Gasteiger charge is -2.33. The van der Waals surface area contributed by atoms with E-state index in [1.54, 1.807) is 29.2 Å². The normalized spacial score (nSPS) is 22.9. The van der Waals surface area contributed by atoms with E-state index < -0.39 is 16.5 Å². The van der Waals surface area contributed by atoms with Crippen LogP contribution in [0, 0.1) is 0 Å². The summed E-state index contributed by atoms with van der Waals surface area (Å²) in [5.74, 6) is -0.500. The van der Waals surface area contributed by atoms with Gasteiger partial charge in [0.2, 0.25) is 0 Å². The van der Waals surface area contributed by atoms with Gasteiger partial charge in [0.1, 0.15) is 6.67 Å². The Morgan fingerprint density at radius 1 is 1.19 bits per heavy atom. The fraction of sp³-hybridized carbons (Fsp3) is 0.545. The minimum absolute atomic E-state index is 0.0517. The molecule has 5 rings (SSSR count). The second-order valence-electron chi connectivity index (χ2n) is 8.57. The summed E-state index contributed by atoms with van der Waals surface area (Å²) in [6.07, 6.45) is 1.74. The van der Waals surface area contributed by atoms with Gasteiger partial charge in [-0.15, -0.1) is 0 Å². The van der Waals surface area contributed by atoms with E-state index in [0.29, 0.717) is 56.2 Å². The molecule has 2 aromatic rings. The van der Waals surface area contributed by atoms with Gasteiger partial charge in [-0.1, -0.05) is 18.2 Å². The molecule has 0 N–H and O–H groups in total. The summed E-state index contributed by atoms with van der Waals surface area (Å²) >= 11 is 0. The molecule has 1 amide bonds. The fourth-order valence-corrected chi connectivity index (χ4v) is 6.59. The lowest BCUT2D eigenvalue weighted by atomic mass is 10.0. The number of fused-ring (bicyclic) bond motifs is 3. The van der Waals surface area contributed by atoms with Crippen molar-refractivity contribution in [1.82, 2.24) is 19.6 Å². The summed E-state index contributed by atoms with van der Waals surface area (Å²) in [6, 6.07) is 6.87. The van der Waals surface area contributed by atoms with E-state index in [0.717, 1.165) is 19.4 Å². The van der Waals surface area contributed by atoms with E-state index >= 15 is 0 Å². The Morgan fingerprint density at radius 3 is 2.75 bits per heavy atom. The molecular formula is C22H27FN4O4S. The number of carbonyl (C=O) groups is 1. The number of halogens is 1. The highest BCUT2D eigenvalue weighted by Gasteiger charge is 2.38. The number of rotatable bonds is 4. The van der Waals surface area contributed by atoms with E-state index in [1.165, 1.54) is 0 Å². The van der Waals surface area contributed by atoms with Crippen molar-refractivity contribution in [2.24, 2.45) is 0 Å². The van der Waals surface area contributed by atoms with Crippen molar-refractivity contribution in [2.75, 3.05) is 52.6 Å². The van der Waals surface area contributed by atoms with Crippen LogP contribution in [0.3, 0.4) is 0 Å². The molecule has 3 aliphatic heterocycles. The van der Waals surface area contributed by atoms with Crippen LogP contribution < -0.4 is 0 Å². The summed E-state index contributed by atoms with van der Waals surface area (Å²) in [4.78, 5) is 17.4. The van der Waals surface area contributed by atoms with Crippen LogP contribution in [0.1, 0.15) is 34.9 Å². The van der Waals surface area contributed by atoms with Crippen LogP contribution in [0.25, 0.3) is 11.3 Å². The van der Waals surface area contributed by atoms with Gasteiger partial charge in [-0.2, -0.15) is 5.10 Å². The SMILES string of the molecule is O=C(c1nn(C2CCCN(CCF)C2)c2c1CS(=O)(=O)c1ccccc1-2)N1CCOCC1. The number of aromatic nitrogens is 2. The molecule has 32 heavy (non-hydrogen) atoms. The average Bonchev–Trinajstić information content (AvgIpc) is 3.18. The van der Waals surface area contributed by atoms with E-state index in [2.05, 4.69) is 4.90 Å². The lowest BCUT2D eigenvalue weighted by molar-refractivity contribution is 0.0297. The molecule has 0 radical (unpaired) electrons. The molecule has 0 spiro atoms. The summed E-state index contributed by atoms with van der Waals surface area (Å²) in [5.41, 5.74) is 1.98. The molecule has 172 valence electrons. The monoisotopic (exact) mass is 462 g/mol. The van der Waals surface area contributed by atoms with Crippen LogP contribution in [0.2, 0.25) is 0 Å². The minimum Gasteiger partial charge on any atom is -0.378 e. The molecule has 0 saturated carbocycles. The van der Waals surface area contributed by atoms with Gasteiger partial charge < -0.3 is 9.64 Å². The molecule has 10 heteroatoms. The van der Waals surface area contributed by atoms with Gasteiger partial charge in [-0.25, -0.2) is 12.8 Å². The summed E-state index contributed by atoms with van der Waals surface area (Å²) in [6.45, 7) is 3.23. The smallest absolute Gasteiger partial charge is 0.274 e. The minimum atomic E-state index is -3.59. The van der Waals surface area contributed by atoms with Gasteiger partial charge in [-0.05, 0) is 25.5 Å². The molecule has 0 aliphatic carbocycles. The van der Waals surface area contributed by atoms with Crippen LogP contribution in [-0.4, -0.2) is 86.5 Å². The van der Waals surface area contributed by atoms with Crippen molar-refractivity contribution in [3.8, 4) is 11.3 Å². The molecule has 1 unspecified atom stereocenters. The third-order valence-corrected chi connectivity index (χ3v) is 8.24. The standard InChI is InChI=1S/C22H27FN4O4S/c23-7-9-25-8-3-4-16(14-25)27-21-17-5-1-2-6-19(17)32(29,30)15-18(21)20(24-27)22(28)26-10-12-31-13-11-26/h1-2,5-6,16H,3-4,7-15H2. The molecule has 8 nitrogen and oxygen atoms in total. The lowest BCUT2D eigenvalue weighted by Crippen LogP contribution is -2.41. The Kier molecular flexibility index (Phi) is 5.77. The van der Waals surface area contributed by atoms with E-state index in [4.69, 9.17) is 9.84 Å². The van der Waals surface area contributed by atoms with Crippen molar-refractivity contribution < 1.29 is 22.3 Å². The molecule has 3 aliphatic rings. The topological polar surface area (TPSA) is 84.7 Å². The Hall–Kier alpha value is -2.30. The van der Waals surface area contributed by atoms with Crippen molar-refractivity contribution >= 4 is 15.7 Å². The number of hydrogen-bond donors (Lipinski definition) is 0. The Morgan fingerprint density at radius 2 is 1.97 bits per heavy atom. The zero-order chi connectivity index (χ0) is 22.3. The summed E-state index contributed by atoms with van der Waals surface area (Å²) < 4.78 is 46.4. The third-order valence-electron chi connectivity index (χ3n) is 6.55. The summed E-state index contributed by atoms with van der Waals surface area (Å²) in [7, 11) is -3.59. The Balaban J connectivity index is 1.64. The van der Waals surface area contributed by atoms with Gasteiger partial charge in [0.25, 0.3) is 5.91 Å². The number of sulfone groups is 1. The first kappa shape index (κ1) is 21.5. The maximum absolute atomic E-state index is 13.4. The molecule has 0 bridgehead atoms. The van der Waals surface area contributed by atoms with Gasteiger partial charge in [0, 0.05) is 37.3 Å². The predicted molar refractivity (Wildman–Crippen MR) is 116 cm³/mol. The van der Waals surface area contributed by atoms with Crippen LogP contribution >= 0.6 is 0 Å². The second-order valence-corrected chi connectivity index (χ2v) is 10.5. The first-order chi connectivity index (χ1) is 15.5. The van der Waals surface area contributed by atoms with Crippen LogP contribution in [0.4, 0.5) is 4.39 Å². The maximum Gasteiger partial charge on any atom is 0.274 e. The molecular weight excluding hydrogens is 435 g/mol. The molecule has 1 aromatic heterocycles. The van der Waals surface area contributed by atoms with Crippen LogP contribution in [0.15, 0.2) is 29.2 Å². The van der Waals surface area contributed by atoms with Crippen molar-refractivity contribution in [1.29, 1.82) is 0 Å². The number of morpholine rings is 1. The van der Waals surface area contributed by atoms with Gasteiger partial charge in [-0.3, -0.25) is 14.4 Å². The van der Waals surface area contributed by atoms with Gasteiger partial charge in [0.05, 0.1) is 35.6 Å². The zero-order valence-electron chi connectivity index (χ0n) is 17.9. The zero-order valence-corrected chi connectivity index (χ0v) is 18.7. The fourth-order valence-electron chi connectivity index (χ4n) is 5.00. The number of likely N-dealkylation sites (tertiary alicyclic amines) is 1. The highest BCUT2D eigenvalue weighted by atomic mass is 32.2. The van der Waals surface area contributed by atoms with Crippen LogP contribution in [-0.2, 0) is 20.3 Å². The predicted octanol–water partition coefficient (Wildman–Crippen LogP) is 1.92. The first-order valence-electron chi connectivity index (χ1n) is 11.1. The number of ether oxygens (including phenoxy) is 1. The number of nitrogens with zero attached hydrogens (tertiary/aromatic N) is 4. The average molecular weight is 463 g/mol. The van der Waals surface area contributed by atoms with E-state index in [9.17, 15) is 17.6 Å². The maximum atomic E-state index is 13.4. The van der Waals surface area contributed by atoms with Crippen LogP contribution in [0.5, 0.6) is 0 Å². The molecule has 1 atom stereocenters. The van der Waals surface area contributed by atoms with Gasteiger partial charge in [0.15, 0.2) is 15.5 Å². The number of alkyl halides is 1. The highest BCUT2D eigenvalue weighted by Crippen LogP contribution is 2.41. The second kappa shape index (κ2) is 8.57. The quantitative estimate of drug-likeness (QED) is 0.690. The summed E-state index contributed by atoms with van der Waals surface area (Å²) in [5, 5.41) is 4.75. The van der Waals surface area contributed by atoms with E-state index in [1.807, 2.05) is 4.68 Å². The van der Waals surface area contributed by atoms with Gasteiger partial charge >= 0.3 is 0 Å². The highest BCUT2D eigenvalue weighted by molar-refractivity contribution is 7.90. The van der Waals surface area contributed by atoms with Crippen molar-refractivity contribution in [3.63, 3.8) is 0 Å². The number of carbonyl (C=O) groups excluding carboxylic acids is 1. The number of amides is 1. The Labute approximate surface area is 186 Å². The third kappa shape index (κ3) is 3.74. The van der Waals surface area contributed by atoms with Crippen molar-refractivity contribution in [2.45, 2.75) is 29.5 Å². The van der Waals surface area contributed by atoms with E-state index in [-0.39, 0.29) is 28.3 Å². The molecule has 1 aromatic carbocycles. The molecule has 2 saturated heterocycles. The Bertz CT molecular complexity index is 1120. The first-order valence-corrected chi connectivity index (χ1v) is 12.7. The number of benzene rings is 1. The number of piperidine rings is 1. The molecule has 4 heterocycles.